The average molecular weight is 352 g/mol. The first kappa shape index (κ1) is 16.8. The van der Waals surface area contributed by atoms with E-state index in [9.17, 15) is 4.79 Å². The van der Waals surface area contributed by atoms with Crippen molar-refractivity contribution < 1.29 is 4.79 Å². The van der Waals surface area contributed by atoms with Crippen molar-refractivity contribution in [2.75, 3.05) is 49.1 Å². The summed E-state index contributed by atoms with van der Waals surface area (Å²) in [5.74, 6) is 2.02. The molecule has 4 heterocycles. The smallest absolute Gasteiger partial charge is 0.227 e. The minimum atomic E-state index is 0.0361. The second-order valence-electron chi connectivity index (χ2n) is 6.83. The van der Waals surface area contributed by atoms with E-state index in [1.165, 1.54) is 0 Å². The molecule has 2 fully saturated rings. The summed E-state index contributed by atoms with van der Waals surface area (Å²) in [4.78, 5) is 32.5. The van der Waals surface area contributed by atoms with Crippen LogP contribution in [0.15, 0.2) is 42.9 Å². The number of aromatic nitrogens is 3. The fourth-order valence-electron chi connectivity index (χ4n) is 3.77. The molecule has 0 radical (unpaired) electrons. The number of rotatable bonds is 3. The van der Waals surface area contributed by atoms with Crippen molar-refractivity contribution in [1.82, 2.24) is 19.9 Å². The standard InChI is InChI=1S/C19H24N6O/c26-18(16-5-3-10-25(15-16)19-21-8-4-9-22-19)24-13-11-23(12-14-24)17-6-1-2-7-20-17/h1-2,4,6-9,16H,3,5,10-15H2/t16-/m1/s1. The Hall–Kier alpha value is -2.70. The van der Waals surface area contributed by atoms with Crippen molar-refractivity contribution in [1.29, 1.82) is 0 Å². The molecule has 0 aliphatic carbocycles. The van der Waals surface area contributed by atoms with Crippen LogP contribution in [0.1, 0.15) is 12.8 Å². The third-order valence-corrected chi connectivity index (χ3v) is 5.17. The van der Waals surface area contributed by atoms with Crippen LogP contribution in [0.5, 0.6) is 0 Å². The Kier molecular flexibility index (Phi) is 4.95. The van der Waals surface area contributed by atoms with E-state index in [4.69, 9.17) is 0 Å². The fourth-order valence-corrected chi connectivity index (χ4v) is 3.77. The Morgan fingerprint density at radius 3 is 2.38 bits per heavy atom. The molecule has 2 saturated heterocycles. The van der Waals surface area contributed by atoms with E-state index in [1.807, 2.05) is 35.4 Å². The molecule has 7 nitrogen and oxygen atoms in total. The second kappa shape index (κ2) is 7.68. The normalized spacial score (nSPS) is 20.9. The molecular weight excluding hydrogens is 328 g/mol. The van der Waals surface area contributed by atoms with Gasteiger partial charge in [-0.25, -0.2) is 15.0 Å². The first-order valence-electron chi connectivity index (χ1n) is 9.28. The molecule has 4 rings (SSSR count). The first-order valence-corrected chi connectivity index (χ1v) is 9.28. The Morgan fingerprint density at radius 1 is 0.885 bits per heavy atom. The van der Waals surface area contributed by atoms with Crippen LogP contribution in [-0.4, -0.2) is 65.0 Å². The van der Waals surface area contributed by atoms with Crippen LogP contribution in [-0.2, 0) is 4.79 Å². The van der Waals surface area contributed by atoms with E-state index in [1.54, 1.807) is 12.4 Å². The molecular formula is C19H24N6O. The van der Waals surface area contributed by atoms with Gasteiger partial charge < -0.3 is 14.7 Å². The maximum absolute atomic E-state index is 13.0. The molecule has 0 aromatic carbocycles. The number of anilines is 2. The molecule has 1 atom stereocenters. The molecule has 7 heteroatoms. The number of pyridine rings is 1. The molecule has 0 spiro atoms. The quantitative estimate of drug-likeness (QED) is 0.833. The number of hydrogen-bond donors (Lipinski definition) is 0. The fraction of sp³-hybridized carbons (Fsp3) is 0.474. The zero-order valence-electron chi connectivity index (χ0n) is 14.9. The molecule has 0 unspecified atom stereocenters. The molecule has 2 aliphatic heterocycles. The van der Waals surface area contributed by atoms with Crippen LogP contribution in [0.3, 0.4) is 0 Å². The first-order chi connectivity index (χ1) is 12.8. The van der Waals surface area contributed by atoms with E-state index in [0.29, 0.717) is 6.54 Å². The van der Waals surface area contributed by atoms with Gasteiger partial charge in [0.2, 0.25) is 11.9 Å². The predicted molar refractivity (Wildman–Crippen MR) is 100.0 cm³/mol. The van der Waals surface area contributed by atoms with Gasteiger partial charge in [-0.15, -0.1) is 0 Å². The molecule has 0 bridgehead atoms. The summed E-state index contributed by atoms with van der Waals surface area (Å²) in [6.45, 7) is 4.81. The third-order valence-electron chi connectivity index (χ3n) is 5.17. The molecule has 2 aromatic rings. The zero-order valence-corrected chi connectivity index (χ0v) is 14.9. The van der Waals surface area contributed by atoms with Crippen molar-refractivity contribution in [3.8, 4) is 0 Å². The molecule has 26 heavy (non-hydrogen) atoms. The van der Waals surface area contributed by atoms with Crippen molar-refractivity contribution in [3.05, 3.63) is 42.9 Å². The lowest BCUT2D eigenvalue weighted by Crippen LogP contribution is -2.53. The lowest BCUT2D eigenvalue weighted by Gasteiger charge is -2.39. The van der Waals surface area contributed by atoms with Crippen LogP contribution in [0.4, 0.5) is 11.8 Å². The summed E-state index contributed by atoms with van der Waals surface area (Å²) in [7, 11) is 0. The van der Waals surface area contributed by atoms with Crippen LogP contribution in [0, 0.1) is 5.92 Å². The average Bonchev–Trinajstić information content (AvgIpc) is 2.75. The highest BCUT2D eigenvalue weighted by atomic mass is 16.2. The number of piperidine rings is 1. The van der Waals surface area contributed by atoms with Crippen LogP contribution in [0.25, 0.3) is 0 Å². The van der Waals surface area contributed by atoms with Gasteiger partial charge in [0.15, 0.2) is 0 Å². The Labute approximate surface area is 153 Å². The Bertz CT molecular complexity index is 717. The van der Waals surface area contributed by atoms with Crippen LogP contribution >= 0.6 is 0 Å². The monoisotopic (exact) mass is 352 g/mol. The number of nitrogens with zero attached hydrogens (tertiary/aromatic N) is 6. The second-order valence-corrected chi connectivity index (χ2v) is 6.83. The minimum absolute atomic E-state index is 0.0361. The summed E-state index contributed by atoms with van der Waals surface area (Å²) >= 11 is 0. The molecule has 2 aliphatic rings. The van der Waals surface area contributed by atoms with E-state index in [2.05, 4.69) is 24.8 Å². The van der Waals surface area contributed by atoms with Gasteiger partial charge in [-0.1, -0.05) is 6.07 Å². The topological polar surface area (TPSA) is 65.5 Å². The maximum Gasteiger partial charge on any atom is 0.227 e. The van der Waals surface area contributed by atoms with E-state index in [-0.39, 0.29) is 11.8 Å². The van der Waals surface area contributed by atoms with E-state index in [0.717, 1.165) is 57.3 Å². The highest BCUT2D eigenvalue weighted by molar-refractivity contribution is 5.80. The third kappa shape index (κ3) is 3.61. The van der Waals surface area contributed by atoms with Gasteiger partial charge in [0.05, 0.1) is 5.92 Å². The number of hydrogen-bond acceptors (Lipinski definition) is 6. The molecule has 136 valence electrons. The summed E-state index contributed by atoms with van der Waals surface area (Å²) in [5.41, 5.74) is 0. The van der Waals surface area contributed by atoms with Gasteiger partial charge in [-0.05, 0) is 31.0 Å². The largest absolute Gasteiger partial charge is 0.353 e. The number of carbonyl (C=O) groups is 1. The van der Waals surface area contributed by atoms with Crippen LogP contribution < -0.4 is 9.80 Å². The zero-order chi connectivity index (χ0) is 17.8. The summed E-state index contributed by atoms with van der Waals surface area (Å²) < 4.78 is 0. The number of amides is 1. The van der Waals surface area contributed by atoms with Crippen molar-refractivity contribution in [3.63, 3.8) is 0 Å². The lowest BCUT2D eigenvalue weighted by molar-refractivity contribution is -0.136. The van der Waals surface area contributed by atoms with Gasteiger partial charge in [0, 0.05) is 57.9 Å². The van der Waals surface area contributed by atoms with Gasteiger partial charge in [-0.3, -0.25) is 4.79 Å². The van der Waals surface area contributed by atoms with Crippen molar-refractivity contribution in [2.24, 2.45) is 5.92 Å². The number of carbonyl (C=O) groups excluding carboxylic acids is 1. The highest BCUT2D eigenvalue weighted by Gasteiger charge is 2.31. The Morgan fingerprint density at radius 2 is 1.65 bits per heavy atom. The van der Waals surface area contributed by atoms with Crippen LogP contribution in [0.2, 0.25) is 0 Å². The SMILES string of the molecule is O=C([C@@H]1CCCN(c2ncccn2)C1)N1CCN(c2ccccn2)CC1. The summed E-state index contributed by atoms with van der Waals surface area (Å²) in [6.07, 6.45) is 7.27. The van der Waals surface area contributed by atoms with Gasteiger partial charge >= 0.3 is 0 Å². The van der Waals surface area contributed by atoms with Gasteiger partial charge in [0.1, 0.15) is 5.82 Å². The van der Waals surface area contributed by atoms with Crippen molar-refractivity contribution >= 4 is 17.7 Å². The summed E-state index contributed by atoms with van der Waals surface area (Å²) in [6, 6.07) is 7.77. The van der Waals surface area contributed by atoms with Crippen molar-refractivity contribution in [2.45, 2.75) is 12.8 Å². The van der Waals surface area contributed by atoms with Gasteiger partial charge in [-0.2, -0.15) is 0 Å². The minimum Gasteiger partial charge on any atom is -0.353 e. The van der Waals surface area contributed by atoms with E-state index >= 15 is 0 Å². The molecule has 2 aromatic heterocycles. The summed E-state index contributed by atoms with van der Waals surface area (Å²) in [5, 5.41) is 0. The highest BCUT2D eigenvalue weighted by Crippen LogP contribution is 2.23. The number of piperazine rings is 1. The molecule has 0 saturated carbocycles. The maximum atomic E-state index is 13.0. The predicted octanol–water partition coefficient (Wildman–Crippen LogP) is 1.44. The molecule has 0 N–H and O–H groups in total. The van der Waals surface area contributed by atoms with E-state index < -0.39 is 0 Å². The molecule has 1 amide bonds. The Balaban J connectivity index is 1.35. The lowest BCUT2D eigenvalue weighted by atomic mass is 9.96. The van der Waals surface area contributed by atoms with Gasteiger partial charge in [0.25, 0.3) is 0 Å².